The van der Waals surface area contributed by atoms with Gasteiger partial charge in [-0.2, -0.15) is 0 Å². The minimum absolute atomic E-state index is 0.116. The maximum Gasteiger partial charge on any atom is 0.279 e. The number of fused-ring (bicyclic) bond motifs is 1. The van der Waals surface area contributed by atoms with Gasteiger partial charge in [-0.3, -0.25) is 4.79 Å². The predicted octanol–water partition coefficient (Wildman–Crippen LogP) is 2.85. The van der Waals surface area contributed by atoms with Crippen molar-refractivity contribution < 1.29 is 14.3 Å². The van der Waals surface area contributed by atoms with Crippen molar-refractivity contribution in [1.29, 1.82) is 0 Å². The van der Waals surface area contributed by atoms with Gasteiger partial charge < -0.3 is 9.47 Å². The maximum atomic E-state index is 12.5. The van der Waals surface area contributed by atoms with Crippen LogP contribution >= 0.6 is 0 Å². The molecule has 0 aromatic heterocycles. The van der Waals surface area contributed by atoms with E-state index in [2.05, 4.69) is 0 Å². The molecule has 1 unspecified atom stereocenters. The lowest BCUT2D eigenvalue weighted by molar-refractivity contribution is -0.117. The van der Waals surface area contributed by atoms with E-state index in [0.717, 1.165) is 5.56 Å². The smallest absolute Gasteiger partial charge is 0.279 e. The lowest BCUT2D eigenvalue weighted by Crippen LogP contribution is -2.44. The average molecular weight is 254 g/mol. The zero-order valence-corrected chi connectivity index (χ0v) is 10.6. The zero-order valence-electron chi connectivity index (χ0n) is 10.6. The fourth-order valence-corrected chi connectivity index (χ4v) is 2.36. The molecule has 1 aliphatic rings. The van der Waals surface area contributed by atoms with E-state index in [1.54, 1.807) is 12.1 Å². The summed E-state index contributed by atoms with van der Waals surface area (Å²) in [6, 6.07) is 17.0. The Kier molecular flexibility index (Phi) is 2.84. The third-order valence-corrected chi connectivity index (χ3v) is 3.36. The molecular weight excluding hydrogens is 240 g/mol. The molecule has 96 valence electrons. The quantitative estimate of drug-likeness (QED) is 0.845. The van der Waals surface area contributed by atoms with E-state index in [0.29, 0.717) is 17.7 Å². The Bertz CT molecular complexity index is 606. The first kappa shape index (κ1) is 11.9. The molecular formula is C16H14O3. The van der Waals surface area contributed by atoms with Gasteiger partial charge in [-0.25, -0.2) is 0 Å². The lowest BCUT2D eigenvalue weighted by Gasteiger charge is -2.25. The van der Waals surface area contributed by atoms with Gasteiger partial charge >= 0.3 is 0 Å². The standard InChI is InChI=1S/C16H14O3/c1-18-16(11-12-7-3-2-4-8-12)15(17)13-9-5-6-10-14(13)19-16/h2-10H,11H2,1H3. The van der Waals surface area contributed by atoms with Crippen LogP contribution in [0, 0.1) is 0 Å². The number of hydrogen-bond acceptors (Lipinski definition) is 3. The van der Waals surface area contributed by atoms with Gasteiger partial charge in [0.1, 0.15) is 5.75 Å². The summed E-state index contributed by atoms with van der Waals surface area (Å²) in [5.74, 6) is -0.759. The molecule has 2 aromatic rings. The van der Waals surface area contributed by atoms with E-state index in [1.807, 2.05) is 42.5 Å². The highest BCUT2D eigenvalue weighted by Crippen LogP contribution is 2.37. The number of Topliss-reactive ketones (excluding diaryl/α,β-unsaturated/α-hetero) is 1. The summed E-state index contributed by atoms with van der Waals surface area (Å²) in [7, 11) is 1.51. The number of ether oxygens (including phenoxy) is 2. The number of carbonyl (C=O) groups excluding carboxylic acids is 1. The van der Waals surface area contributed by atoms with Gasteiger partial charge in [0.05, 0.1) is 5.56 Å². The van der Waals surface area contributed by atoms with Crippen molar-refractivity contribution in [1.82, 2.24) is 0 Å². The summed E-state index contributed by atoms with van der Waals surface area (Å²) in [6.07, 6.45) is 0.401. The second kappa shape index (κ2) is 4.52. The van der Waals surface area contributed by atoms with Gasteiger partial charge in [0, 0.05) is 13.5 Å². The van der Waals surface area contributed by atoms with Crippen molar-refractivity contribution in [3.63, 3.8) is 0 Å². The minimum atomic E-state index is -1.23. The van der Waals surface area contributed by atoms with Gasteiger partial charge in [0.15, 0.2) is 0 Å². The summed E-state index contributed by atoms with van der Waals surface area (Å²) in [5.41, 5.74) is 1.59. The third kappa shape index (κ3) is 1.92. The van der Waals surface area contributed by atoms with Crippen LogP contribution in [0.2, 0.25) is 0 Å². The van der Waals surface area contributed by atoms with Crippen LogP contribution in [-0.2, 0) is 11.2 Å². The molecule has 2 aromatic carbocycles. The number of ketones is 1. The van der Waals surface area contributed by atoms with Crippen LogP contribution in [0.5, 0.6) is 5.75 Å². The van der Waals surface area contributed by atoms with Crippen LogP contribution < -0.4 is 4.74 Å². The van der Waals surface area contributed by atoms with E-state index in [1.165, 1.54) is 7.11 Å². The third-order valence-electron chi connectivity index (χ3n) is 3.36. The fourth-order valence-electron chi connectivity index (χ4n) is 2.36. The highest BCUT2D eigenvalue weighted by molar-refractivity contribution is 6.06. The van der Waals surface area contributed by atoms with Crippen LogP contribution in [0.3, 0.4) is 0 Å². The number of methoxy groups -OCH3 is 1. The van der Waals surface area contributed by atoms with E-state index in [-0.39, 0.29) is 5.78 Å². The summed E-state index contributed by atoms with van der Waals surface area (Å²) in [5, 5.41) is 0. The summed E-state index contributed by atoms with van der Waals surface area (Å²) >= 11 is 0. The average Bonchev–Trinajstić information content (AvgIpc) is 2.74. The molecule has 1 atom stereocenters. The molecule has 1 aliphatic heterocycles. The summed E-state index contributed by atoms with van der Waals surface area (Å²) < 4.78 is 11.2. The number of rotatable bonds is 3. The highest BCUT2D eigenvalue weighted by Gasteiger charge is 2.48. The van der Waals surface area contributed by atoms with Crippen molar-refractivity contribution in [2.75, 3.05) is 7.11 Å². The Labute approximate surface area is 111 Å². The molecule has 0 saturated carbocycles. The topological polar surface area (TPSA) is 35.5 Å². The van der Waals surface area contributed by atoms with Crippen LogP contribution in [0.1, 0.15) is 15.9 Å². The second-order valence-electron chi connectivity index (χ2n) is 4.55. The van der Waals surface area contributed by atoms with Crippen LogP contribution in [0.4, 0.5) is 0 Å². The van der Waals surface area contributed by atoms with Crippen molar-refractivity contribution >= 4 is 5.78 Å². The van der Waals surface area contributed by atoms with Crippen molar-refractivity contribution in [2.24, 2.45) is 0 Å². The lowest BCUT2D eigenvalue weighted by atomic mass is 9.98. The first-order valence-electron chi connectivity index (χ1n) is 6.17. The van der Waals surface area contributed by atoms with Crippen molar-refractivity contribution in [3.05, 3.63) is 65.7 Å². The predicted molar refractivity (Wildman–Crippen MR) is 71.3 cm³/mol. The number of hydrogen-bond donors (Lipinski definition) is 0. The first-order valence-corrected chi connectivity index (χ1v) is 6.17. The second-order valence-corrected chi connectivity index (χ2v) is 4.55. The maximum absolute atomic E-state index is 12.5. The molecule has 0 aliphatic carbocycles. The molecule has 0 N–H and O–H groups in total. The van der Waals surface area contributed by atoms with Crippen molar-refractivity contribution in [2.45, 2.75) is 12.2 Å². The molecule has 3 heteroatoms. The van der Waals surface area contributed by atoms with Gasteiger partial charge in [-0.15, -0.1) is 0 Å². The molecule has 0 spiro atoms. The van der Waals surface area contributed by atoms with E-state index in [9.17, 15) is 4.79 Å². The summed E-state index contributed by atoms with van der Waals surface area (Å²) in [6.45, 7) is 0. The molecule has 0 bridgehead atoms. The number of benzene rings is 2. The van der Waals surface area contributed by atoms with Gasteiger partial charge in [0.2, 0.25) is 5.78 Å². The Morgan fingerprint density at radius 1 is 1.05 bits per heavy atom. The van der Waals surface area contributed by atoms with E-state index < -0.39 is 5.79 Å². The highest BCUT2D eigenvalue weighted by atomic mass is 16.7. The fraction of sp³-hybridized carbons (Fsp3) is 0.188. The molecule has 0 amide bonds. The Morgan fingerprint density at radius 3 is 2.42 bits per heavy atom. The molecule has 19 heavy (non-hydrogen) atoms. The Morgan fingerprint density at radius 2 is 1.74 bits per heavy atom. The number of para-hydroxylation sites is 1. The molecule has 1 heterocycles. The molecule has 3 nitrogen and oxygen atoms in total. The largest absolute Gasteiger partial charge is 0.453 e. The van der Waals surface area contributed by atoms with Crippen molar-refractivity contribution in [3.8, 4) is 5.75 Å². The van der Waals surface area contributed by atoms with Crippen LogP contribution in [0.25, 0.3) is 0 Å². The van der Waals surface area contributed by atoms with E-state index >= 15 is 0 Å². The minimum Gasteiger partial charge on any atom is -0.453 e. The number of carbonyl (C=O) groups is 1. The SMILES string of the molecule is COC1(Cc2ccccc2)Oc2ccccc2C1=O. The molecule has 0 fully saturated rings. The Balaban J connectivity index is 1.97. The normalized spacial score (nSPS) is 21.0. The molecule has 0 saturated heterocycles. The molecule has 0 radical (unpaired) electrons. The summed E-state index contributed by atoms with van der Waals surface area (Å²) in [4.78, 5) is 12.5. The first-order chi connectivity index (χ1) is 9.25. The van der Waals surface area contributed by atoms with E-state index in [4.69, 9.17) is 9.47 Å². The van der Waals surface area contributed by atoms with Crippen LogP contribution in [0.15, 0.2) is 54.6 Å². The Hall–Kier alpha value is -2.13. The van der Waals surface area contributed by atoms with Crippen LogP contribution in [-0.4, -0.2) is 18.7 Å². The molecule has 3 rings (SSSR count). The van der Waals surface area contributed by atoms with Gasteiger partial charge in [-0.05, 0) is 17.7 Å². The van der Waals surface area contributed by atoms with Gasteiger partial charge in [-0.1, -0.05) is 42.5 Å². The zero-order chi connectivity index (χ0) is 13.3. The van der Waals surface area contributed by atoms with Gasteiger partial charge in [0.25, 0.3) is 5.79 Å². The monoisotopic (exact) mass is 254 g/mol.